The van der Waals surface area contributed by atoms with Gasteiger partial charge in [0.2, 0.25) is 0 Å². The van der Waals surface area contributed by atoms with Crippen LogP contribution >= 0.6 is 11.6 Å². The van der Waals surface area contributed by atoms with Crippen LogP contribution in [-0.2, 0) is 0 Å². The number of carbonyl (C=O) groups is 1. The van der Waals surface area contributed by atoms with Crippen molar-refractivity contribution in [3.05, 3.63) is 28.8 Å². The van der Waals surface area contributed by atoms with Gasteiger partial charge in [-0.05, 0) is 37.5 Å². The van der Waals surface area contributed by atoms with Crippen molar-refractivity contribution in [2.45, 2.75) is 25.8 Å². The van der Waals surface area contributed by atoms with Gasteiger partial charge in [0.05, 0.1) is 0 Å². The predicted octanol–water partition coefficient (Wildman–Crippen LogP) is 3.21. The maximum Gasteiger partial charge on any atom is 0.319 e. The van der Waals surface area contributed by atoms with E-state index in [1.807, 2.05) is 24.0 Å². The zero-order valence-corrected chi connectivity index (χ0v) is 13.1. The first-order chi connectivity index (χ1) is 9.49. The van der Waals surface area contributed by atoms with Crippen LogP contribution in [0.1, 0.15) is 18.4 Å². The number of rotatable bonds is 2. The molecule has 1 heterocycles. The Kier molecular flexibility index (Phi) is 4.76. The molecule has 1 aromatic carbocycles. The molecule has 2 rings (SSSR count). The Bertz CT molecular complexity index is 482. The Labute approximate surface area is 125 Å². The molecule has 0 aliphatic carbocycles. The molecule has 0 aromatic heterocycles. The fraction of sp³-hybridized carbons (Fsp3) is 0.533. The van der Waals surface area contributed by atoms with E-state index in [1.165, 1.54) is 0 Å². The van der Waals surface area contributed by atoms with Gasteiger partial charge in [-0.1, -0.05) is 17.7 Å². The largest absolute Gasteiger partial charge is 0.382 e. The predicted molar refractivity (Wildman–Crippen MR) is 83.5 cm³/mol. The summed E-state index contributed by atoms with van der Waals surface area (Å²) >= 11 is 6.13. The number of anilines is 1. The number of piperidine rings is 1. The van der Waals surface area contributed by atoms with E-state index < -0.39 is 0 Å². The number of nitrogens with zero attached hydrogens (tertiary/aromatic N) is 2. The highest BCUT2D eigenvalue weighted by atomic mass is 35.5. The summed E-state index contributed by atoms with van der Waals surface area (Å²) in [6, 6.07) is 6.42. The molecule has 4 nitrogen and oxygen atoms in total. The van der Waals surface area contributed by atoms with Crippen LogP contribution in [-0.4, -0.2) is 49.1 Å². The molecular formula is C15H22ClN3O. The molecule has 1 aromatic rings. The second kappa shape index (κ2) is 6.35. The van der Waals surface area contributed by atoms with E-state index >= 15 is 0 Å². The molecule has 1 fully saturated rings. The van der Waals surface area contributed by atoms with Crippen molar-refractivity contribution in [2.75, 3.05) is 32.5 Å². The van der Waals surface area contributed by atoms with E-state index in [9.17, 15) is 4.79 Å². The van der Waals surface area contributed by atoms with Crippen molar-refractivity contribution in [1.82, 2.24) is 9.80 Å². The van der Waals surface area contributed by atoms with Gasteiger partial charge in [-0.2, -0.15) is 0 Å². The fourth-order valence-electron chi connectivity index (χ4n) is 2.48. The van der Waals surface area contributed by atoms with Crippen LogP contribution < -0.4 is 5.32 Å². The lowest BCUT2D eigenvalue weighted by Gasteiger charge is -2.34. The van der Waals surface area contributed by atoms with Crippen molar-refractivity contribution in [1.29, 1.82) is 0 Å². The number of hydrogen-bond acceptors (Lipinski definition) is 2. The molecule has 0 saturated carbocycles. The number of carbonyl (C=O) groups excluding carboxylic acids is 1. The Morgan fingerprint density at radius 2 is 2.00 bits per heavy atom. The first-order valence-electron chi connectivity index (χ1n) is 6.97. The lowest BCUT2D eigenvalue weighted by molar-refractivity contribution is 0.158. The van der Waals surface area contributed by atoms with Gasteiger partial charge in [0.15, 0.2) is 0 Å². The van der Waals surface area contributed by atoms with Gasteiger partial charge in [0, 0.05) is 43.9 Å². The normalized spacial score (nSPS) is 16.1. The summed E-state index contributed by atoms with van der Waals surface area (Å²) in [5, 5.41) is 4.33. The monoisotopic (exact) mass is 295 g/mol. The van der Waals surface area contributed by atoms with E-state index in [1.54, 1.807) is 19.0 Å². The first kappa shape index (κ1) is 15.0. The van der Waals surface area contributed by atoms with Gasteiger partial charge in [0.25, 0.3) is 0 Å². The van der Waals surface area contributed by atoms with Crippen molar-refractivity contribution in [3.8, 4) is 0 Å². The van der Waals surface area contributed by atoms with Crippen LogP contribution in [0.4, 0.5) is 10.5 Å². The summed E-state index contributed by atoms with van der Waals surface area (Å²) in [5.74, 6) is 0. The fourth-order valence-corrected chi connectivity index (χ4v) is 2.66. The molecule has 1 aliphatic heterocycles. The van der Waals surface area contributed by atoms with Gasteiger partial charge in [-0.15, -0.1) is 0 Å². The summed E-state index contributed by atoms with van der Waals surface area (Å²) in [4.78, 5) is 15.4. The van der Waals surface area contributed by atoms with Crippen LogP contribution in [0, 0.1) is 6.92 Å². The second-order valence-electron chi connectivity index (χ2n) is 5.50. The highest BCUT2D eigenvalue weighted by Crippen LogP contribution is 2.25. The number of halogens is 1. The third kappa shape index (κ3) is 3.37. The molecule has 0 spiro atoms. The van der Waals surface area contributed by atoms with E-state index in [0.29, 0.717) is 6.04 Å². The van der Waals surface area contributed by atoms with Crippen LogP contribution in [0.3, 0.4) is 0 Å². The summed E-state index contributed by atoms with van der Waals surface area (Å²) in [5.41, 5.74) is 2.18. The first-order valence-corrected chi connectivity index (χ1v) is 7.34. The smallest absolute Gasteiger partial charge is 0.319 e. The maximum absolute atomic E-state index is 11.9. The average molecular weight is 296 g/mol. The molecule has 1 N–H and O–H groups in total. The number of likely N-dealkylation sites (tertiary alicyclic amines) is 1. The Hall–Kier alpha value is -1.42. The van der Waals surface area contributed by atoms with Gasteiger partial charge < -0.3 is 15.1 Å². The molecule has 0 radical (unpaired) electrons. The van der Waals surface area contributed by atoms with Crippen LogP contribution in [0.5, 0.6) is 0 Å². The molecule has 110 valence electrons. The number of nitrogens with one attached hydrogen (secondary N) is 1. The highest BCUT2D eigenvalue weighted by Gasteiger charge is 2.23. The molecule has 0 atom stereocenters. The Morgan fingerprint density at radius 3 is 2.60 bits per heavy atom. The Balaban J connectivity index is 1.92. The third-order valence-electron chi connectivity index (χ3n) is 3.78. The summed E-state index contributed by atoms with van der Waals surface area (Å²) in [6.45, 7) is 3.62. The SMILES string of the molecule is Cc1c(Cl)cccc1NC1CCN(C(=O)N(C)C)CC1. The van der Waals surface area contributed by atoms with E-state index in [4.69, 9.17) is 11.6 Å². The minimum absolute atomic E-state index is 0.0994. The molecule has 0 bridgehead atoms. The zero-order valence-electron chi connectivity index (χ0n) is 12.3. The van der Waals surface area contributed by atoms with Gasteiger partial charge in [0.1, 0.15) is 0 Å². The summed E-state index contributed by atoms with van der Waals surface area (Å²) in [6.07, 6.45) is 1.93. The molecule has 20 heavy (non-hydrogen) atoms. The highest BCUT2D eigenvalue weighted by molar-refractivity contribution is 6.31. The summed E-state index contributed by atoms with van der Waals surface area (Å²) < 4.78 is 0. The molecule has 0 unspecified atom stereocenters. The Morgan fingerprint density at radius 1 is 1.35 bits per heavy atom. The maximum atomic E-state index is 11.9. The topological polar surface area (TPSA) is 35.6 Å². The van der Waals surface area contributed by atoms with Gasteiger partial charge in [-0.3, -0.25) is 0 Å². The number of benzene rings is 1. The third-order valence-corrected chi connectivity index (χ3v) is 4.18. The number of urea groups is 1. The van der Waals surface area contributed by atoms with Crippen LogP contribution in [0.2, 0.25) is 5.02 Å². The average Bonchev–Trinajstić information content (AvgIpc) is 2.44. The number of amides is 2. The van der Waals surface area contributed by atoms with E-state index in [-0.39, 0.29) is 6.03 Å². The van der Waals surface area contributed by atoms with Crippen molar-refractivity contribution in [2.24, 2.45) is 0 Å². The molecule has 1 aliphatic rings. The van der Waals surface area contributed by atoms with Crippen molar-refractivity contribution < 1.29 is 4.79 Å². The lowest BCUT2D eigenvalue weighted by Crippen LogP contribution is -2.46. The van der Waals surface area contributed by atoms with Gasteiger partial charge in [-0.25, -0.2) is 4.79 Å². The minimum Gasteiger partial charge on any atom is -0.382 e. The van der Waals surface area contributed by atoms with Crippen LogP contribution in [0.15, 0.2) is 18.2 Å². The minimum atomic E-state index is 0.0994. The standard InChI is InChI=1S/C15H22ClN3O/c1-11-13(16)5-4-6-14(11)17-12-7-9-19(10-8-12)15(20)18(2)3/h4-6,12,17H,7-10H2,1-3H3. The molecule has 5 heteroatoms. The van der Waals surface area contributed by atoms with Gasteiger partial charge >= 0.3 is 6.03 Å². The van der Waals surface area contributed by atoms with E-state index in [2.05, 4.69) is 11.4 Å². The molecule has 2 amide bonds. The molecule has 1 saturated heterocycles. The number of hydrogen-bond donors (Lipinski definition) is 1. The second-order valence-corrected chi connectivity index (χ2v) is 5.90. The zero-order chi connectivity index (χ0) is 14.7. The molecular weight excluding hydrogens is 274 g/mol. The van der Waals surface area contributed by atoms with Crippen molar-refractivity contribution in [3.63, 3.8) is 0 Å². The van der Waals surface area contributed by atoms with E-state index in [0.717, 1.165) is 42.2 Å². The van der Waals surface area contributed by atoms with Crippen molar-refractivity contribution >= 4 is 23.3 Å². The quantitative estimate of drug-likeness (QED) is 0.909. The van der Waals surface area contributed by atoms with Crippen LogP contribution in [0.25, 0.3) is 0 Å². The summed E-state index contributed by atoms with van der Waals surface area (Å²) in [7, 11) is 3.59. The lowest BCUT2D eigenvalue weighted by atomic mass is 10.0.